The van der Waals surface area contributed by atoms with Crippen LogP contribution in [0.1, 0.15) is 37.2 Å². The van der Waals surface area contributed by atoms with E-state index in [-0.39, 0.29) is 10.6 Å². The molecule has 2 aliphatic rings. The molecule has 1 aromatic heterocycles. The molecule has 0 spiro atoms. The molecule has 3 rings (SSSR count). The van der Waals surface area contributed by atoms with Crippen molar-refractivity contribution in [1.29, 1.82) is 0 Å². The lowest BCUT2D eigenvalue weighted by Gasteiger charge is -2.16. The summed E-state index contributed by atoms with van der Waals surface area (Å²) < 4.78 is 0. The van der Waals surface area contributed by atoms with Crippen LogP contribution in [0.2, 0.25) is 0 Å². The fourth-order valence-corrected chi connectivity index (χ4v) is 4.43. The summed E-state index contributed by atoms with van der Waals surface area (Å²) in [4.78, 5) is 13.7. The summed E-state index contributed by atoms with van der Waals surface area (Å²) in [5.41, 5.74) is 0.154. The Bertz CT molecular complexity index is 488. The molecule has 1 saturated heterocycles. The number of anilines is 1. The zero-order valence-corrected chi connectivity index (χ0v) is 11.7. The van der Waals surface area contributed by atoms with Crippen LogP contribution in [-0.2, 0) is 0 Å². The Kier molecular flexibility index (Phi) is 3.22. The minimum atomic E-state index is -0.639. The molecular weight excluding hydrogens is 264 g/mol. The summed E-state index contributed by atoms with van der Waals surface area (Å²) >= 11 is 1.37. The Morgan fingerprint density at radius 3 is 2.63 bits per heavy atom. The van der Waals surface area contributed by atoms with E-state index in [1.165, 1.54) is 36.7 Å². The number of nitrogens with zero attached hydrogens (tertiary/aromatic N) is 2. The van der Waals surface area contributed by atoms with Gasteiger partial charge in [-0.2, -0.15) is 0 Å². The highest BCUT2D eigenvalue weighted by atomic mass is 32.1. The van der Waals surface area contributed by atoms with Gasteiger partial charge in [-0.3, -0.25) is 10.1 Å². The van der Waals surface area contributed by atoms with E-state index in [1.807, 2.05) is 0 Å². The first kappa shape index (κ1) is 12.9. The summed E-state index contributed by atoms with van der Waals surface area (Å²) in [6, 6.07) is 1.53. The van der Waals surface area contributed by atoms with Crippen molar-refractivity contribution < 1.29 is 10.0 Å². The van der Waals surface area contributed by atoms with Gasteiger partial charge in [-0.15, -0.1) is 11.3 Å². The van der Waals surface area contributed by atoms with E-state index < -0.39 is 6.10 Å². The van der Waals surface area contributed by atoms with E-state index in [2.05, 4.69) is 4.90 Å². The molecular formula is C13H18N2O3S. The summed E-state index contributed by atoms with van der Waals surface area (Å²) in [7, 11) is 0. The first-order valence-electron chi connectivity index (χ1n) is 6.77. The standard InChI is InChI=1S/C13H18N2O3S/c1-8(16)12-5-11(15(17)18)13(19-12)14-6-9-3-2-4-10(9)7-14/h5,8-10,16H,2-4,6-7H2,1H3/t8-,9?,10?/m1/s1. The van der Waals surface area contributed by atoms with Gasteiger partial charge < -0.3 is 10.0 Å². The fourth-order valence-electron chi connectivity index (χ4n) is 3.35. The van der Waals surface area contributed by atoms with Crippen molar-refractivity contribution in [2.75, 3.05) is 18.0 Å². The predicted molar refractivity (Wildman–Crippen MR) is 74.7 cm³/mol. The molecule has 1 aliphatic carbocycles. The van der Waals surface area contributed by atoms with Gasteiger partial charge in [-0.25, -0.2) is 0 Å². The number of rotatable bonds is 3. The van der Waals surface area contributed by atoms with Crippen molar-refractivity contribution in [1.82, 2.24) is 0 Å². The third-order valence-electron chi connectivity index (χ3n) is 4.33. The molecule has 104 valence electrons. The molecule has 1 N–H and O–H groups in total. The lowest BCUT2D eigenvalue weighted by molar-refractivity contribution is -0.383. The Labute approximate surface area is 116 Å². The van der Waals surface area contributed by atoms with Gasteiger partial charge in [-0.05, 0) is 31.6 Å². The van der Waals surface area contributed by atoms with Crippen molar-refractivity contribution in [2.45, 2.75) is 32.3 Å². The molecule has 0 bridgehead atoms. The molecule has 2 fully saturated rings. The van der Waals surface area contributed by atoms with E-state index in [9.17, 15) is 15.2 Å². The van der Waals surface area contributed by atoms with Crippen molar-refractivity contribution in [3.63, 3.8) is 0 Å². The molecule has 1 aromatic rings. The lowest BCUT2D eigenvalue weighted by atomic mass is 10.0. The second kappa shape index (κ2) is 4.76. The third-order valence-corrected chi connectivity index (χ3v) is 5.69. The Morgan fingerprint density at radius 2 is 2.11 bits per heavy atom. The normalized spacial score (nSPS) is 27.6. The largest absolute Gasteiger partial charge is 0.388 e. The molecule has 6 heteroatoms. The van der Waals surface area contributed by atoms with Crippen LogP contribution >= 0.6 is 11.3 Å². The lowest BCUT2D eigenvalue weighted by Crippen LogP contribution is -2.20. The second-order valence-corrected chi connectivity index (χ2v) is 6.69. The maximum absolute atomic E-state index is 11.2. The van der Waals surface area contributed by atoms with Crippen molar-refractivity contribution >= 4 is 22.0 Å². The van der Waals surface area contributed by atoms with E-state index in [0.29, 0.717) is 16.7 Å². The van der Waals surface area contributed by atoms with Gasteiger partial charge in [0.15, 0.2) is 5.00 Å². The Hall–Kier alpha value is -1.14. The van der Waals surface area contributed by atoms with Gasteiger partial charge in [-0.1, -0.05) is 6.42 Å². The number of hydrogen-bond donors (Lipinski definition) is 1. The van der Waals surface area contributed by atoms with Crippen molar-refractivity contribution in [2.24, 2.45) is 11.8 Å². The average Bonchev–Trinajstić information content (AvgIpc) is 3.01. The monoisotopic (exact) mass is 282 g/mol. The van der Waals surface area contributed by atoms with E-state index in [1.54, 1.807) is 6.92 Å². The summed E-state index contributed by atoms with van der Waals surface area (Å²) in [5, 5.41) is 21.5. The number of thiophene rings is 1. The van der Waals surface area contributed by atoms with Crippen LogP contribution in [0.15, 0.2) is 6.07 Å². The van der Waals surface area contributed by atoms with Crippen molar-refractivity contribution in [3.05, 3.63) is 21.1 Å². The highest BCUT2D eigenvalue weighted by molar-refractivity contribution is 7.16. The number of nitro groups is 1. The molecule has 0 amide bonds. The van der Waals surface area contributed by atoms with Crippen LogP contribution in [0, 0.1) is 22.0 Å². The molecule has 5 nitrogen and oxygen atoms in total. The van der Waals surface area contributed by atoms with E-state index >= 15 is 0 Å². The number of aliphatic hydroxyl groups is 1. The van der Waals surface area contributed by atoms with Crippen LogP contribution in [0.4, 0.5) is 10.7 Å². The smallest absolute Gasteiger partial charge is 0.304 e. The average molecular weight is 282 g/mol. The highest BCUT2D eigenvalue weighted by Crippen LogP contribution is 2.46. The van der Waals surface area contributed by atoms with Gasteiger partial charge in [0.1, 0.15) is 0 Å². The number of aliphatic hydroxyl groups excluding tert-OH is 1. The van der Waals surface area contributed by atoms with Crippen LogP contribution in [-0.4, -0.2) is 23.1 Å². The highest BCUT2D eigenvalue weighted by Gasteiger charge is 2.39. The van der Waals surface area contributed by atoms with Crippen LogP contribution < -0.4 is 4.90 Å². The van der Waals surface area contributed by atoms with Gasteiger partial charge in [0.05, 0.1) is 11.0 Å². The topological polar surface area (TPSA) is 66.6 Å². The van der Waals surface area contributed by atoms with Gasteiger partial charge in [0.2, 0.25) is 0 Å². The summed E-state index contributed by atoms with van der Waals surface area (Å²) in [5.74, 6) is 1.41. The quantitative estimate of drug-likeness (QED) is 0.683. The van der Waals surface area contributed by atoms with Gasteiger partial charge >= 0.3 is 5.69 Å². The third kappa shape index (κ3) is 2.23. The molecule has 1 saturated carbocycles. The maximum atomic E-state index is 11.2. The van der Waals surface area contributed by atoms with Gasteiger partial charge in [0.25, 0.3) is 0 Å². The summed E-state index contributed by atoms with van der Waals surface area (Å²) in [6.45, 7) is 3.52. The van der Waals surface area contributed by atoms with Crippen LogP contribution in [0.5, 0.6) is 0 Å². The first-order chi connectivity index (χ1) is 9.06. The van der Waals surface area contributed by atoms with E-state index in [4.69, 9.17) is 0 Å². The zero-order valence-electron chi connectivity index (χ0n) is 10.9. The maximum Gasteiger partial charge on any atom is 0.304 e. The molecule has 0 aromatic carbocycles. The molecule has 3 atom stereocenters. The molecule has 1 aliphatic heterocycles. The molecule has 2 unspecified atom stereocenters. The Balaban J connectivity index is 1.89. The zero-order chi connectivity index (χ0) is 13.6. The van der Waals surface area contributed by atoms with Gasteiger partial charge in [0, 0.05) is 24.0 Å². The molecule has 0 radical (unpaired) electrons. The summed E-state index contributed by atoms with van der Waals surface area (Å²) in [6.07, 6.45) is 3.17. The van der Waals surface area contributed by atoms with Crippen LogP contribution in [0.3, 0.4) is 0 Å². The minimum Gasteiger partial charge on any atom is -0.388 e. The first-order valence-corrected chi connectivity index (χ1v) is 7.59. The fraction of sp³-hybridized carbons (Fsp3) is 0.692. The van der Waals surface area contributed by atoms with E-state index in [0.717, 1.165) is 18.1 Å². The predicted octanol–water partition coefficient (Wildman–Crippen LogP) is 2.95. The molecule has 19 heavy (non-hydrogen) atoms. The molecule has 2 heterocycles. The van der Waals surface area contributed by atoms with Crippen molar-refractivity contribution in [3.8, 4) is 0 Å². The number of hydrogen-bond acceptors (Lipinski definition) is 5. The number of fused-ring (bicyclic) bond motifs is 1. The minimum absolute atomic E-state index is 0.154. The second-order valence-electron chi connectivity index (χ2n) is 5.63. The Morgan fingerprint density at radius 1 is 1.47 bits per heavy atom. The van der Waals surface area contributed by atoms with Crippen LogP contribution in [0.25, 0.3) is 0 Å². The SMILES string of the molecule is C[C@@H](O)c1cc([N+](=O)[O-])c(N2CC3CCCC3C2)s1.